The van der Waals surface area contributed by atoms with Gasteiger partial charge >= 0.3 is 5.97 Å². The number of amides is 3. The van der Waals surface area contributed by atoms with Gasteiger partial charge in [0.2, 0.25) is 17.7 Å². The summed E-state index contributed by atoms with van der Waals surface area (Å²) in [7, 11) is 0. The van der Waals surface area contributed by atoms with Crippen molar-refractivity contribution in [2.75, 3.05) is 6.54 Å². The molecule has 10 heteroatoms. The number of carbonyl (C=O) groups is 4. The number of nitrogens with two attached hydrogens (primary N) is 2. The first-order valence-corrected chi connectivity index (χ1v) is 11.7. The fourth-order valence-corrected chi connectivity index (χ4v) is 3.32. The van der Waals surface area contributed by atoms with E-state index in [4.69, 9.17) is 11.5 Å². The first kappa shape index (κ1) is 29.1. The molecule has 34 heavy (non-hydrogen) atoms. The summed E-state index contributed by atoms with van der Waals surface area (Å²) in [4.78, 5) is 49.8. The van der Waals surface area contributed by atoms with E-state index in [0.717, 1.165) is 12.0 Å². The minimum Gasteiger partial charge on any atom is -0.480 e. The van der Waals surface area contributed by atoms with Gasteiger partial charge in [0.05, 0.1) is 6.04 Å². The third-order valence-electron chi connectivity index (χ3n) is 5.75. The Labute approximate surface area is 201 Å². The molecule has 0 aliphatic rings. The monoisotopic (exact) mass is 477 g/mol. The maximum absolute atomic E-state index is 13.0. The lowest BCUT2D eigenvalue weighted by molar-refractivity contribution is -0.143. The zero-order chi connectivity index (χ0) is 25.7. The Hall–Kier alpha value is -2.98. The number of rotatable bonds is 15. The molecule has 1 aromatic carbocycles. The Kier molecular flexibility index (Phi) is 12.8. The van der Waals surface area contributed by atoms with Crippen molar-refractivity contribution < 1.29 is 24.3 Å². The second-order valence-corrected chi connectivity index (χ2v) is 8.58. The van der Waals surface area contributed by atoms with Gasteiger partial charge in [-0.1, -0.05) is 57.0 Å². The van der Waals surface area contributed by atoms with Crippen LogP contribution in [0.1, 0.15) is 52.0 Å². The molecule has 10 nitrogen and oxygen atoms in total. The number of carbonyl (C=O) groups excluding carboxylic acids is 3. The summed E-state index contributed by atoms with van der Waals surface area (Å²) in [6.07, 6.45) is 2.61. The number of unbranched alkanes of at least 4 members (excludes halogenated alkanes) is 1. The van der Waals surface area contributed by atoms with Gasteiger partial charge in [-0.25, -0.2) is 4.79 Å². The highest BCUT2D eigenvalue weighted by Gasteiger charge is 2.31. The maximum atomic E-state index is 13.0. The summed E-state index contributed by atoms with van der Waals surface area (Å²) in [6.45, 7) is 5.58. The number of carboxylic acids is 1. The smallest absolute Gasteiger partial charge is 0.326 e. The Morgan fingerprint density at radius 3 is 2.15 bits per heavy atom. The molecule has 1 rings (SSSR count). The van der Waals surface area contributed by atoms with Crippen LogP contribution in [-0.2, 0) is 25.6 Å². The van der Waals surface area contributed by atoms with E-state index in [-0.39, 0.29) is 12.3 Å². The number of aliphatic carboxylic acids is 1. The molecule has 1 aromatic rings. The van der Waals surface area contributed by atoms with Crippen molar-refractivity contribution in [1.29, 1.82) is 0 Å². The molecule has 0 heterocycles. The lowest BCUT2D eigenvalue weighted by Crippen LogP contribution is -2.57. The SMILES string of the molecule is CCC(C)C(NC(=O)C(Cc1ccccc1)NC(=O)C(C)NC(=O)C(N)CCCCN)C(=O)O. The van der Waals surface area contributed by atoms with Gasteiger partial charge in [0.1, 0.15) is 18.1 Å². The predicted molar refractivity (Wildman–Crippen MR) is 130 cm³/mol. The van der Waals surface area contributed by atoms with E-state index < -0.39 is 47.9 Å². The van der Waals surface area contributed by atoms with Gasteiger partial charge in [0.15, 0.2) is 0 Å². The van der Waals surface area contributed by atoms with Gasteiger partial charge in [-0.15, -0.1) is 0 Å². The summed E-state index contributed by atoms with van der Waals surface area (Å²) in [5.74, 6) is -3.09. The molecule has 5 atom stereocenters. The highest BCUT2D eigenvalue weighted by atomic mass is 16.4. The number of hydrogen-bond acceptors (Lipinski definition) is 6. The van der Waals surface area contributed by atoms with Gasteiger partial charge in [-0.2, -0.15) is 0 Å². The first-order chi connectivity index (χ1) is 16.1. The summed E-state index contributed by atoms with van der Waals surface area (Å²) < 4.78 is 0. The summed E-state index contributed by atoms with van der Waals surface area (Å²) in [5.41, 5.74) is 12.1. The fraction of sp³-hybridized carbons (Fsp3) is 0.583. The van der Waals surface area contributed by atoms with Crippen molar-refractivity contribution in [3.8, 4) is 0 Å². The van der Waals surface area contributed by atoms with Gasteiger partial charge in [-0.05, 0) is 37.8 Å². The minimum absolute atomic E-state index is 0.157. The molecule has 190 valence electrons. The molecule has 0 aliphatic carbocycles. The lowest BCUT2D eigenvalue weighted by Gasteiger charge is -2.25. The van der Waals surface area contributed by atoms with Gasteiger partial charge in [0, 0.05) is 6.42 Å². The maximum Gasteiger partial charge on any atom is 0.326 e. The zero-order valence-electron chi connectivity index (χ0n) is 20.3. The second-order valence-electron chi connectivity index (χ2n) is 8.58. The van der Waals surface area contributed by atoms with Crippen molar-refractivity contribution in [1.82, 2.24) is 16.0 Å². The third kappa shape index (κ3) is 9.88. The van der Waals surface area contributed by atoms with Crippen molar-refractivity contribution in [2.45, 2.75) is 77.0 Å². The quantitative estimate of drug-likeness (QED) is 0.197. The Bertz CT molecular complexity index is 804. The topological polar surface area (TPSA) is 177 Å². The van der Waals surface area contributed by atoms with Crippen molar-refractivity contribution in [2.24, 2.45) is 17.4 Å². The Morgan fingerprint density at radius 1 is 0.941 bits per heavy atom. The largest absolute Gasteiger partial charge is 0.480 e. The molecule has 3 amide bonds. The average molecular weight is 478 g/mol. The molecular weight excluding hydrogens is 438 g/mol. The van der Waals surface area contributed by atoms with Crippen LogP contribution in [0.4, 0.5) is 0 Å². The van der Waals surface area contributed by atoms with Crippen LogP contribution in [0.3, 0.4) is 0 Å². The van der Waals surface area contributed by atoms with Crippen LogP contribution in [0.2, 0.25) is 0 Å². The molecule has 0 bridgehead atoms. The summed E-state index contributed by atoms with van der Waals surface area (Å²) >= 11 is 0. The second kappa shape index (κ2) is 15.0. The normalized spacial score (nSPS) is 15.3. The van der Waals surface area contributed by atoms with Crippen LogP contribution in [0.15, 0.2) is 30.3 Å². The molecule has 0 saturated heterocycles. The summed E-state index contributed by atoms with van der Waals surface area (Å²) in [6, 6.07) is 5.23. The highest BCUT2D eigenvalue weighted by Crippen LogP contribution is 2.10. The highest BCUT2D eigenvalue weighted by molar-refractivity contribution is 5.94. The van der Waals surface area contributed by atoms with Crippen molar-refractivity contribution in [3.63, 3.8) is 0 Å². The Balaban J connectivity index is 2.89. The van der Waals surface area contributed by atoms with E-state index in [9.17, 15) is 24.3 Å². The minimum atomic E-state index is -1.14. The average Bonchev–Trinajstić information content (AvgIpc) is 2.81. The van der Waals surface area contributed by atoms with E-state index in [2.05, 4.69) is 16.0 Å². The number of hydrogen-bond donors (Lipinski definition) is 6. The van der Waals surface area contributed by atoms with Crippen LogP contribution in [-0.4, -0.2) is 59.5 Å². The summed E-state index contributed by atoms with van der Waals surface area (Å²) in [5, 5.41) is 17.3. The molecule has 0 radical (unpaired) electrons. The molecule has 0 aromatic heterocycles. The molecule has 0 saturated carbocycles. The van der Waals surface area contributed by atoms with Crippen LogP contribution >= 0.6 is 0 Å². The van der Waals surface area contributed by atoms with E-state index in [0.29, 0.717) is 25.8 Å². The van der Waals surface area contributed by atoms with Crippen molar-refractivity contribution in [3.05, 3.63) is 35.9 Å². The van der Waals surface area contributed by atoms with Gasteiger partial charge < -0.3 is 32.5 Å². The lowest BCUT2D eigenvalue weighted by atomic mass is 9.98. The molecular formula is C24H39N5O5. The van der Waals surface area contributed by atoms with Crippen LogP contribution < -0.4 is 27.4 Å². The number of nitrogens with one attached hydrogen (secondary N) is 3. The molecule has 8 N–H and O–H groups in total. The number of carboxylic acid groups (broad SMARTS) is 1. The molecule has 5 unspecified atom stereocenters. The van der Waals surface area contributed by atoms with Gasteiger partial charge in [-0.3, -0.25) is 14.4 Å². The Morgan fingerprint density at radius 2 is 1.59 bits per heavy atom. The molecule has 0 fully saturated rings. The fourth-order valence-electron chi connectivity index (χ4n) is 3.32. The van der Waals surface area contributed by atoms with Gasteiger partial charge in [0.25, 0.3) is 0 Å². The van der Waals surface area contributed by atoms with Crippen LogP contribution in [0, 0.1) is 5.92 Å². The predicted octanol–water partition coefficient (Wildman–Crippen LogP) is 0.290. The van der Waals surface area contributed by atoms with E-state index >= 15 is 0 Å². The van der Waals surface area contributed by atoms with Crippen molar-refractivity contribution >= 4 is 23.7 Å². The first-order valence-electron chi connectivity index (χ1n) is 11.7. The molecule has 0 spiro atoms. The third-order valence-corrected chi connectivity index (χ3v) is 5.75. The van der Waals surface area contributed by atoms with Crippen LogP contribution in [0.25, 0.3) is 0 Å². The van der Waals surface area contributed by atoms with E-state index in [1.807, 2.05) is 13.0 Å². The van der Waals surface area contributed by atoms with E-state index in [1.54, 1.807) is 31.2 Å². The number of benzene rings is 1. The standard InChI is InChI=1S/C24H39N5O5/c1-4-15(2)20(24(33)34)29-23(32)19(14-17-10-6-5-7-11-17)28-21(30)16(3)27-22(31)18(26)12-8-9-13-25/h5-7,10-11,15-16,18-20H,4,8-9,12-14,25-26H2,1-3H3,(H,27,31)(H,28,30)(H,29,32)(H,33,34). The zero-order valence-corrected chi connectivity index (χ0v) is 20.3. The van der Waals surface area contributed by atoms with E-state index in [1.165, 1.54) is 6.92 Å². The van der Waals surface area contributed by atoms with Crippen LogP contribution in [0.5, 0.6) is 0 Å². The molecule has 0 aliphatic heterocycles.